The number of benzene rings is 8. The molecule has 0 N–H and O–H groups in total. The minimum Gasteiger partial charge on any atom is -0.0879 e. The molecule has 0 saturated heterocycles. The highest BCUT2D eigenvalue weighted by Gasteiger charge is 2.24. The lowest BCUT2D eigenvalue weighted by molar-refractivity contribution is 0.655. The highest BCUT2D eigenvalue weighted by atomic mass is 14.3. The summed E-state index contributed by atoms with van der Waals surface area (Å²) >= 11 is 0. The van der Waals surface area contributed by atoms with Crippen LogP contribution in [0.2, 0.25) is 0 Å². The fourth-order valence-electron chi connectivity index (χ4n) is 8.39. The average molecular weight is 691 g/mol. The van der Waals surface area contributed by atoms with Crippen LogP contribution in [0.5, 0.6) is 0 Å². The Bertz CT molecular complexity index is 2560. The van der Waals surface area contributed by atoms with Gasteiger partial charge in [0.2, 0.25) is 0 Å². The third-order valence-corrected chi connectivity index (χ3v) is 11.0. The van der Waals surface area contributed by atoms with Gasteiger partial charge in [0.1, 0.15) is 0 Å². The second-order valence-electron chi connectivity index (χ2n) is 14.2. The molecule has 0 fully saturated rings. The molecule has 0 nitrogen and oxygen atoms in total. The molecule has 1 aliphatic rings. The molecule has 0 radical (unpaired) electrons. The van der Waals surface area contributed by atoms with Crippen LogP contribution in [0.15, 0.2) is 212 Å². The fourth-order valence-corrected chi connectivity index (χ4v) is 8.39. The molecule has 0 aliphatic heterocycles. The highest BCUT2D eigenvalue weighted by molar-refractivity contribution is 6.03. The fraction of sp³-hybridized carbons (Fsp3) is 0.0741. The Morgan fingerprint density at radius 2 is 0.630 bits per heavy atom. The van der Waals surface area contributed by atoms with Crippen molar-refractivity contribution >= 4 is 0 Å². The molecule has 0 heteroatoms. The Hall–Kier alpha value is -6.50. The predicted molar refractivity (Wildman–Crippen MR) is 230 cm³/mol. The lowest BCUT2D eigenvalue weighted by Gasteiger charge is -2.25. The van der Waals surface area contributed by atoms with Gasteiger partial charge in [0, 0.05) is 5.92 Å². The van der Waals surface area contributed by atoms with Gasteiger partial charge in [-0.2, -0.15) is 0 Å². The number of hydrogen-bond acceptors (Lipinski definition) is 0. The maximum atomic E-state index is 2.52. The van der Waals surface area contributed by atoms with Crippen molar-refractivity contribution in [3.05, 3.63) is 218 Å². The Labute approximate surface area is 319 Å². The zero-order chi connectivity index (χ0) is 36.1. The minimum absolute atomic E-state index is 0.380. The maximum absolute atomic E-state index is 2.52. The molecule has 258 valence electrons. The van der Waals surface area contributed by atoms with E-state index >= 15 is 0 Å². The van der Waals surface area contributed by atoms with E-state index in [0.29, 0.717) is 5.92 Å². The number of allylic oxidation sites excluding steroid dienone is 2. The first-order valence-corrected chi connectivity index (χ1v) is 19.2. The lowest BCUT2D eigenvalue weighted by atomic mass is 9.78. The van der Waals surface area contributed by atoms with Crippen LogP contribution in [0.1, 0.15) is 30.7 Å². The van der Waals surface area contributed by atoms with Crippen molar-refractivity contribution in [3.8, 4) is 77.9 Å². The Morgan fingerprint density at radius 3 is 1.02 bits per heavy atom. The molecule has 0 amide bonds. The van der Waals surface area contributed by atoms with Crippen molar-refractivity contribution in [2.75, 3.05) is 0 Å². The van der Waals surface area contributed by atoms with Gasteiger partial charge in [0.15, 0.2) is 0 Å². The Morgan fingerprint density at radius 1 is 0.296 bits per heavy atom. The van der Waals surface area contributed by atoms with Gasteiger partial charge in [0.05, 0.1) is 0 Å². The van der Waals surface area contributed by atoms with E-state index in [9.17, 15) is 0 Å². The van der Waals surface area contributed by atoms with Crippen LogP contribution >= 0.6 is 0 Å². The minimum atomic E-state index is 0.380. The summed E-state index contributed by atoms with van der Waals surface area (Å²) in [5.74, 6) is 0.380. The standard InChI is InChI=1S/C54H42/c1-5-21-39(22-6-1)43-29-13-17-33-47(43)51-37-53(49-35-19-15-31-45(49)41-25-9-3-10-26-41)54(50-36-20-16-32-46(50)42-27-11-4-12-28-42)38-52(51)48-34-18-14-30-44(48)40-23-7-2-8-24-40/h1-3,5-11,13-27,29-38,42H,4,12,28H2. The third kappa shape index (κ3) is 6.53. The van der Waals surface area contributed by atoms with E-state index < -0.39 is 0 Å². The topological polar surface area (TPSA) is 0 Å². The molecular formula is C54H42. The molecule has 8 aromatic carbocycles. The van der Waals surface area contributed by atoms with E-state index in [1.165, 1.54) is 89.9 Å². The summed E-state index contributed by atoms with van der Waals surface area (Å²) < 4.78 is 0. The monoisotopic (exact) mass is 690 g/mol. The van der Waals surface area contributed by atoms with Gasteiger partial charge in [0.25, 0.3) is 0 Å². The molecular weight excluding hydrogens is 649 g/mol. The lowest BCUT2D eigenvalue weighted by Crippen LogP contribution is -2.03. The van der Waals surface area contributed by atoms with Crippen molar-refractivity contribution in [3.63, 3.8) is 0 Å². The van der Waals surface area contributed by atoms with Crippen LogP contribution in [0.25, 0.3) is 77.9 Å². The van der Waals surface area contributed by atoms with Crippen molar-refractivity contribution in [2.24, 2.45) is 0 Å². The van der Waals surface area contributed by atoms with Gasteiger partial charge in [-0.3, -0.25) is 0 Å². The van der Waals surface area contributed by atoms with Crippen LogP contribution < -0.4 is 0 Å². The molecule has 0 heterocycles. The van der Waals surface area contributed by atoms with E-state index in [1.54, 1.807) is 0 Å². The van der Waals surface area contributed by atoms with Crippen molar-refractivity contribution in [1.29, 1.82) is 0 Å². The number of hydrogen-bond donors (Lipinski definition) is 0. The second-order valence-corrected chi connectivity index (χ2v) is 14.2. The van der Waals surface area contributed by atoms with Crippen LogP contribution in [0, 0.1) is 0 Å². The van der Waals surface area contributed by atoms with Gasteiger partial charge >= 0.3 is 0 Å². The zero-order valence-corrected chi connectivity index (χ0v) is 30.4. The smallest absolute Gasteiger partial charge is 0.00242 e. The summed E-state index contributed by atoms with van der Waals surface area (Å²) in [6.07, 6.45) is 8.35. The summed E-state index contributed by atoms with van der Waals surface area (Å²) in [5, 5.41) is 0. The van der Waals surface area contributed by atoms with Gasteiger partial charge in [-0.1, -0.05) is 200 Å². The van der Waals surface area contributed by atoms with Crippen LogP contribution in [-0.2, 0) is 0 Å². The quantitative estimate of drug-likeness (QED) is 0.139. The summed E-state index contributed by atoms with van der Waals surface area (Å²) in [5.41, 5.74) is 18.6. The second kappa shape index (κ2) is 15.2. The third-order valence-electron chi connectivity index (χ3n) is 11.0. The first kappa shape index (κ1) is 33.3. The van der Waals surface area contributed by atoms with E-state index in [1.807, 2.05) is 0 Å². The highest BCUT2D eigenvalue weighted by Crippen LogP contribution is 2.49. The maximum Gasteiger partial charge on any atom is 0.00242 e. The van der Waals surface area contributed by atoms with Crippen molar-refractivity contribution < 1.29 is 0 Å². The largest absolute Gasteiger partial charge is 0.0879 e. The van der Waals surface area contributed by atoms with Crippen molar-refractivity contribution in [2.45, 2.75) is 25.2 Å². The van der Waals surface area contributed by atoms with E-state index in [0.717, 1.165) is 12.8 Å². The van der Waals surface area contributed by atoms with Crippen LogP contribution in [-0.4, -0.2) is 0 Å². The summed E-state index contributed by atoms with van der Waals surface area (Å²) in [6, 6.07) is 73.5. The first-order chi connectivity index (χ1) is 26.8. The van der Waals surface area contributed by atoms with Crippen LogP contribution in [0.4, 0.5) is 0 Å². The Balaban J connectivity index is 1.41. The predicted octanol–water partition coefficient (Wildman–Crippen LogP) is 15.2. The molecule has 0 spiro atoms. The normalized spacial score (nSPS) is 13.8. The summed E-state index contributed by atoms with van der Waals surface area (Å²) in [6.45, 7) is 0. The number of rotatable bonds is 8. The SMILES string of the molecule is C1=CC(c2ccccc2-c2cc(-c3ccccc3-c3ccccc3)c(-c3ccccc3-c3ccccc3)cc2-c2ccccc2-c2ccccc2)CCC1. The molecule has 0 bridgehead atoms. The van der Waals surface area contributed by atoms with E-state index in [-0.39, 0.29) is 0 Å². The molecule has 0 aromatic heterocycles. The average Bonchev–Trinajstić information content (AvgIpc) is 3.27. The summed E-state index contributed by atoms with van der Waals surface area (Å²) in [7, 11) is 0. The molecule has 8 aromatic rings. The molecule has 9 rings (SSSR count). The van der Waals surface area contributed by atoms with E-state index in [4.69, 9.17) is 0 Å². The van der Waals surface area contributed by atoms with Gasteiger partial charge in [-0.05, 0) is 115 Å². The van der Waals surface area contributed by atoms with Crippen molar-refractivity contribution in [1.82, 2.24) is 0 Å². The molecule has 1 unspecified atom stereocenters. The summed E-state index contributed by atoms with van der Waals surface area (Å²) in [4.78, 5) is 0. The first-order valence-electron chi connectivity index (χ1n) is 19.2. The Kier molecular flexibility index (Phi) is 9.41. The van der Waals surface area contributed by atoms with Gasteiger partial charge < -0.3 is 0 Å². The molecule has 1 aliphatic carbocycles. The van der Waals surface area contributed by atoms with Crippen LogP contribution in [0.3, 0.4) is 0 Å². The molecule has 54 heavy (non-hydrogen) atoms. The van der Waals surface area contributed by atoms with Gasteiger partial charge in [-0.25, -0.2) is 0 Å². The zero-order valence-electron chi connectivity index (χ0n) is 30.4. The molecule has 1 atom stereocenters. The molecule has 0 saturated carbocycles. The van der Waals surface area contributed by atoms with E-state index in [2.05, 4.69) is 212 Å². The van der Waals surface area contributed by atoms with Gasteiger partial charge in [-0.15, -0.1) is 0 Å².